The number of rotatable bonds is 4. The van der Waals surface area contributed by atoms with Crippen LogP contribution in [-0.2, 0) is 4.74 Å². The smallest absolute Gasteiger partial charge is 0.217 e. The highest BCUT2D eigenvalue weighted by atomic mass is 16.5. The summed E-state index contributed by atoms with van der Waals surface area (Å²) in [5, 5.41) is 0. The summed E-state index contributed by atoms with van der Waals surface area (Å²) >= 11 is 0. The van der Waals surface area contributed by atoms with Crippen LogP contribution in [0.5, 0.6) is 0 Å². The third kappa shape index (κ3) is 2.76. The van der Waals surface area contributed by atoms with Crippen LogP contribution in [0.4, 0.5) is 0 Å². The molecule has 0 radical (unpaired) electrons. The normalized spacial score (nSPS) is 23.4. The minimum atomic E-state index is 0.0209. The predicted octanol–water partition coefficient (Wildman–Crippen LogP) is 3.43. The maximum atomic E-state index is 5.84. The average molecular weight is 229 g/mol. The Balaban J connectivity index is 2.18. The lowest BCUT2D eigenvalue weighted by Crippen LogP contribution is -2.21. The van der Waals surface area contributed by atoms with E-state index in [0.717, 1.165) is 17.9 Å². The van der Waals surface area contributed by atoms with Crippen molar-refractivity contribution in [3.8, 4) is 0 Å². The van der Waals surface area contributed by atoms with Gasteiger partial charge in [-0.2, -0.15) is 0 Å². The molecule has 2 nitrogen and oxygen atoms in total. The number of hydrogen-bond acceptors (Lipinski definition) is 2. The van der Waals surface area contributed by atoms with Crippen LogP contribution in [-0.4, -0.2) is 18.0 Å². The molecule has 2 atom stereocenters. The highest BCUT2D eigenvalue weighted by molar-refractivity contribution is 5.95. The van der Waals surface area contributed by atoms with Crippen molar-refractivity contribution >= 4 is 5.90 Å². The van der Waals surface area contributed by atoms with Gasteiger partial charge in [0.2, 0.25) is 5.90 Å². The van der Waals surface area contributed by atoms with E-state index in [1.54, 1.807) is 0 Å². The molecule has 1 aliphatic heterocycles. The molecule has 0 spiro atoms. The second-order valence-electron chi connectivity index (χ2n) is 4.82. The molecular weight excluding hydrogens is 210 g/mol. The van der Waals surface area contributed by atoms with Crippen molar-refractivity contribution in [2.75, 3.05) is 0 Å². The van der Waals surface area contributed by atoms with Gasteiger partial charge in [0.05, 0.1) is 6.04 Å². The van der Waals surface area contributed by atoms with Crippen LogP contribution in [0, 0.1) is 5.92 Å². The molecule has 0 aromatic heterocycles. The number of nitrogens with zero attached hydrogens (tertiary/aromatic N) is 1. The molecule has 0 fully saturated rings. The van der Waals surface area contributed by atoms with Gasteiger partial charge in [-0.1, -0.05) is 38.6 Å². The van der Waals surface area contributed by atoms with Gasteiger partial charge in [-0.25, -0.2) is 4.99 Å². The molecule has 0 N–H and O–H groups in total. The lowest BCUT2D eigenvalue weighted by Gasteiger charge is -2.15. The molecule has 1 aliphatic rings. The average Bonchev–Trinajstić information content (AvgIpc) is 2.72. The zero-order valence-electron chi connectivity index (χ0n) is 10.5. The molecule has 0 amide bonds. The number of ether oxygens (including phenoxy) is 1. The summed E-state index contributed by atoms with van der Waals surface area (Å²) in [7, 11) is 0. The lowest BCUT2D eigenvalue weighted by molar-refractivity contribution is 0.229. The quantitative estimate of drug-likeness (QED) is 0.725. The van der Waals surface area contributed by atoms with Crippen LogP contribution in [0.15, 0.2) is 48.0 Å². The van der Waals surface area contributed by atoms with Crippen LogP contribution < -0.4 is 0 Å². The second kappa shape index (κ2) is 5.17. The maximum absolute atomic E-state index is 5.84. The van der Waals surface area contributed by atoms with Crippen molar-refractivity contribution in [1.29, 1.82) is 0 Å². The SMILES string of the molecule is C=C[C@@H]1OC(c2ccccc2)=N[C@H]1CC(C)C. The van der Waals surface area contributed by atoms with Crippen molar-refractivity contribution in [1.82, 2.24) is 0 Å². The topological polar surface area (TPSA) is 21.6 Å². The second-order valence-corrected chi connectivity index (χ2v) is 4.82. The Morgan fingerprint density at radius 3 is 2.65 bits per heavy atom. The minimum Gasteiger partial charge on any atom is -0.468 e. The highest BCUT2D eigenvalue weighted by Gasteiger charge is 2.29. The van der Waals surface area contributed by atoms with Gasteiger partial charge < -0.3 is 4.74 Å². The van der Waals surface area contributed by atoms with E-state index in [0.29, 0.717) is 5.92 Å². The number of hydrogen-bond donors (Lipinski definition) is 0. The Morgan fingerprint density at radius 2 is 2.06 bits per heavy atom. The van der Waals surface area contributed by atoms with Gasteiger partial charge in [0.25, 0.3) is 0 Å². The first-order chi connectivity index (χ1) is 8.20. The summed E-state index contributed by atoms with van der Waals surface area (Å²) in [6, 6.07) is 10.3. The molecule has 1 heterocycles. The highest BCUT2D eigenvalue weighted by Crippen LogP contribution is 2.23. The van der Waals surface area contributed by atoms with Crippen molar-refractivity contribution < 1.29 is 4.74 Å². The van der Waals surface area contributed by atoms with Crippen LogP contribution in [0.2, 0.25) is 0 Å². The standard InChI is InChI=1S/C15H19NO/c1-4-14-13(10-11(2)3)16-15(17-14)12-8-6-5-7-9-12/h4-9,11,13-14H,1,10H2,2-3H3/t13-,14-/m0/s1. The number of aliphatic imine (C=N–C) groups is 1. The fourth-order valence-electron chi connectivity index (χ4n) is 2.06. The van der Waals surface area contributed by atoms with Crippen LogP contribution in [0.25, 0.3) is 0 Å². The lowest BCUT2D eigenvalue weighted by atomic mass is 10.0. The summed E-state index contributed by atoms with van der Waals surface area (Å²) in [5.41, 5.74) is 1.05. The van der Waals surface area contributed by atoms with Gasteiger partial charge in [-0.3, -0.25) is 0 Å². The van der Waals surface area contributed by atoms with E-state index in [1.165, 1.54) is 0 Å². The molecule has 17 heavy (non-hydrogen) atoms. The van der Waals surface area contributed by atoms with E-state index < -0.39 is 0 Å². The first-order valence-corrected chi connectivity index (χ1v) is 6.13. The molecule has 2 rings (SSSR count). The fourth-order valence-corrected chi connectivity index (χ4v) is 2.06. The minimum absolute atomic E-state index is 0.0209. The third-order valence-electron chi connectivity index (χ3n) is 2.88. The maximum Gasteiger partial charge on any atom is 0.217 e. The third-order valence-corrected chi connectivity index (χ3v) is 2.88. The first kappa shape index (κ1) is 11.9. The van der Waals surface area contributed by atoms with Crippen molar-refractivity contribution in [2.24, 2.45) is 10.9 Å². The Morgan fingerprint density at radius 1 is 1.35 bits per heavy atom. The molecular formula is C15H19NO. The van der Waals surface area contributed by atoms with E-state index in [-0.39, 0.29) is 12.1 Å². The van der Waals surface area contributed by atoms with E-state index in [9.17, 15) is 0 Å². The predicted molar refractivity (Wildman–Crippen MR) is 71.3 cm³/mol. The summed E-state index contributed by atoms with van der Waals surface area (Å²) in [4.78, 5) is 4.67. The zero-order valence-corrected chi connectivity index (χ0v) is 10.5. The van der Waals surface area contributed by atoms with E-state index in [2.05, 4.69) is 25.4 Å². The Hall–Kier alpha value is -1.57. The Kier molecular flexibility index (Phi) is 3.62. The van der Waals surface area contributed by atoms with Gasteiger partial charge in [0, 0.05) is 5.56 Å². The van der Waals surface area contributed by atoms with E-state index >= 15 is 0 Å². The van der Waals surface area contributed by atoms with Gasteiger partial charge in [-0.05, 0) is 30.5 Å². The Bertz CT molecular complexity index is 408. The first-order valence-electron chi connectivity index (χ1n) is 6.13. The molecule has 0 unspecified atom stereocenters. The van der Waals surface area contributed by atoms with Gasteiger partial charge in [0.1, 0.15) is 6.10 Å². The van der Waals surface area contributed by atoms with Crippen LogP contribution in [0.3, 0.4) is 0 Å². The van der Waals surface area contributed by atoms with Gasteiger partial charge in [-0.15, -0.1) is 0 Å². The number of benzene rings is 1. The summed E-state index contributed by atoms with van der Waals surface area (Å²) in [6.07, 6.45) is 2.91. The molecule has 0 saturated carbocycles. The van der Waals surface area contributed by atoms with Crippen molar-refractivity contribution in [3.63, 3.8) is 0 Å². The molecule has 2 heteroatoms. The molecule has 1 aromatic carbocycles. The molecule has 0 saturated heterocycles. The molecule has 1 aromatic rings. The van der Waals surface area contributed by atoms with Crippen LogP contribution in [0.1, 0.15) is 25.8 Å². The van der Waals surface area contributed by atoms with E-state index in [1.807, 2.05) is 36.4 Å². The zero-order chi connectivity index (χ0) is 12.3. The van der Waals surface area contributed by atoms with Gasteiger partial charge in [0.15, 0.2) is 0 Å². The Labute approximate surface area is 103 Å². The summed E-state index contributed by atoms with van der Waals surface area (Å²) < 4.78 is 5.84. The van der Waals surface area contributed by atoms with Crippen molar-refractivity contribution in [2.45, 2.75) is 32.4 Å². The summed E-state index contributed by atoms with van der Waals surface area (Å²) in [6.45, 7) is 8.24. The molecule has 90 valence electrons. The molecule has 0 aliphatic carbocycles. The monoisotopic (exact) mass is 229 g/mol. The van der Waals surface area contributed by atoms with Gasteiger partial charge >= 0.3 is 0 Å². The molecule has 0 bridgehead atoms. The van der Waals surface area contributed by atoms with Crippen molar-refractivity contribution in [3.05, 3.63) is 48.6 Å². The fraction of sp³-hybridized carbons (Fsp3) is 0.400. The van der Waals surface area contributed by atoms with Crippen LogP contribution >= 0.6 is 0 Å². The van der Waals surface area contributed by atoms with E-state index in [4.69, 9.17) is 4.74 Å². The summed E-state index contributed by atoms with van der Waals surface area (Å²) in [5.74, 6) is 1.37. The largest absolute Gasteiger partial charge is 0.468 e.